The largest absolute Gasteiger partial charge is 0.341 e. The lowest BCUT2D eigenvalue weighted by Crippen LogP contribution is -2.39. The van der Waals surface area contributed by atoms with Crippen molar-refractivity contribution in [2.24, 2.45) is 11.1 Å². The minimum absolute atomic E-state index is 0.0157. The van der Waals surface area contributed by atoms with Gasteiger partial charge in [-0.15, -0.1) is 0 Å². The molecule has 0 aliphatic carbocycles. The summed E-state index contributed by atoms with van der Waals surface area (Å²) in [6.45, 7) is 5.31. The predicted molar refractivity (Wildman–Crippen MR) is 86.7 cm³/mol. The molecule has 3 nitrogen and oxygen atoms in total. The molecule has 0 aliphatic heterocycles. The first-order chi connectivity index (χ1) is 8.26. The summed E-state index contributed by atoms with van der Waals surface area (Å²) >= 11 is 5.62. The van der Waals surface area contributed by atoms with E-state index in [1.54, 1.807) is 4.90 Å². The highest BCUT2D eigenvalue weighted by Gasteiger charge is 2.23. The van der Waals surface area contributed by atoms with Gasteiger partial charge in [-0.25, -0.2) is 0 Å². The summed E-state index contributed by atoms with van der Waals surface area (Å²) in [6, 6.07) is 5.75. The number of nitrogens with two attached hydrogens (primary N) is 1. The van der Waals surface area contributed by atoms with Gasteiger partial charge in [-0.3, -0.25) is 4.79 Å². The highest BCUT2D eigenvalue weighted by atomic mass is 127. The fourth-order valence-electron chi connectivity index (χ4n) is 1.65. The van der Waals surface area contributed by atoms with E-state index in [4.69, 9.17) is 5.73 Å². The Kier molecular flexibility index (Phi) is 5.61. The van der Waals surface area contributed by atoms with E-state index in [1.165, 1.54) is 0 Å². The molecule has 18 heavy (non-hydrogen) atoms. The summed E-state index contributed by atoms with van der Waals surface area (Å²) in [7, 11) is 1.81. The number of halogens is 2. The summed E-state index contributed by atoms with van der Waals surface area (Å²) < 4.78 is 1.87. The van der Waals surface area contributed by atoms with Gasteiger partial charge in [0.15, 0.2) is 0 Å². The maximum Gasteiger partial charge on any atom is 0.254 e. The molecule has 0 aromatic heterocycles. The average molecular weight is 425 g/mol. The molecule has 1 amide bonds. The van der Waals surface area contributed by atoms with E-state index in [2.05, 4.69) is 52.4 Å². The van der Waals surface area contributed by atoms with Crippen LogP contribution in [0.5, 0.6) is 0 Å². The van der Waals surface area contributed by atoms with Crippen LogP contribution in [0.1, 0.15) is 24.2 Å². The lowest BCUT2D eigenvalue weighted by Gasteiger charge is -2.29. The molecule has 1 aromatic rings. The van der Waals surface area contributed by atoms with Gasteiger partial charge < -0.3 is 10.6 Å². The molecular weight excluding hydrogens is 407 g/mol. The highest BCUT2D eigenvalue weighted by Crippen LogP contribution is 2.22. The second-order valence-electron chi connectivity index (χ2n) is 5.15. The van der Waals surface area contributed by atoms with Crippen molar-refractivity contribution < 1.29 is 4.79 Å². The van der Waals surface area contributed by atoms with Crippen LogP contribution in [-0.4, -0.2) is 30.9 Å². The van der Waals surface area contributed by atoms with Crippen LogP contribution in [0, 0.1) is 8.99 Å². The molecule has 0 saturated carbocycles. The van der Waals surface area contributed by atoms with Crippen molar-refractivity contribution in [2.75, 3.05) is 20.1 Å². The van der Waals surface area contributed by atoms with Crippen molar-refractivity contribution >= 4 is 44.4 Å². The zero-order chi connectivity index (χ0) is 13.9. The normalized spacial score (nSPS) is 11.4. The monoisotopic (exact) mass is 424 g/mol. The number of nitrogens with zero attached hydrogens (tertiary/aromatic N) is 1. The lowest BCUT2D eigenvalue weighted by molar-refractivity contribution is 0.0739. The molecule has 0 fully saturated rings. The summed E-state index contributed by atoms with van der Waals surface area (Å²) in [5.41, 5.74) is 6.32. The van der Waals surface area contributed by atoms with Gasteiger partial charge in [0.25, 0.3) is 5.91 Å². The van der Waals surface area contributed by atoms with E-state index < -0.39 is 0 Å². The van der Waals surface area contributed by atoms with Crippen molar-refractivity contribution in [3.63, 3.8) is 0 Å². The van der Waals surface area contributed by atoms with Gasteiger partial charge in [0.1, 0.15) is 0 Å². The van der Waals surface area contributed by atoms with Gasteiger partial charge in [0.05, 0.1) is 5.56 Å². The number of hydrogen-bond donors (Lipinski definition) is 1. The van der Waals surface area contributed by atoms with Crippen LogP contribution in [-0.2, 0) is 0 Å². The molecule has 2 N–H and O–H groups in total. The summed E-state index contributed by atoms with van der Waals surface area (Å²) in [4.78, 5) is 14.1. The fraction of sp³-hybridized carbons (Fsp3) is 0.462. The first-order valence-electron chi connectivity index (χ1n) is 5.67. The first-order valence-corrected chi connectivity index (χ1v) is 7.54. The van der Waals surface area contributed by atoms with Crippen molar-refractivity contribution in [3.05, 3.63) is 31.8 Å². The second kappa shape index (κ2) is 6.34. The number of carbonyl (C=O) groups is 1. The number of benzene rings is 1. The molecule has 0 unspecified atom stereocenters. The van der Waals surface area contributed by atoms with E-state index >= 15 is 0 Å². The third kappa shape index (κ3) is 4.20. The number of amides is 1. The molecule has 0 atom stereocenters. The Balaban J connectivity index is 2.90. The average Bonchev–Trinajstić information content (AvgIpc) is 2.31. The smallest absolute Gasteiger partial charge is 0.254 e. The Hall–Kier alpha value is -0.140. The Morgan fingerprint density at radius 3 is 2.67 bits per heavy atom. The summed E-state index contributed by atoms with van der Waals surface area (Å²) in [5, 5.41) is 0. The predicted octanol–water partition coefficient (Wildman–Crippen LogP) is 3.11. The third-order valence-electron chi connectivity index (χ3n) is 2.72. The Bertz CT molecular complexity index is 449. The quantitative estimate of drug-likeness (QED) is 0.755. The summed E-state index contributed by atoms with van der Waals surface area (Å²) in [6.07, 6.45) is 0. The van der Waals surface area contributed by atoms with Crippen molar-refractivity contribution in [1.29, 1.82) is 0 Å². The third-order valence-corrected chi connectivity index (χ3v) is 4.09. The molecule has 0 heterocycles. The van der Waals surface area contributed by atoms with E-state index in [9.17, 15) is 4.79 Å². The van der Waals surface area contributed by atoms with Crippen LogP contribution in [0.4, 0.5) is 0 Å². The zero-order valence-electron chi connectivity index (χ0n) is 10.8. The van der Waals surface area contributed by atoms with Gasteiger partial charge in [-0.2, -0.15) is 0 Å². The second-order valence-corrected chi connectivity index (χ2v) is 7.25. The number of carbonyl (C=O) groups excluding carboxylic acids is 1. The maximum atomic E-state index is 12.4. The van der Waals surface area contributed by atoms with Crippen LogP contribution < -0.4 is 5.73 Å². The number of hydrogen-bond acceptors (Lipinski definition) is 2. The molecule has 0 radical (unpaired) electrons. The fourth-order valence-corrected chi connectivity index (χ4v) is 2.55. The minimum Gasteiger partial charge on any atom is -0.341 e. The highest BCUT2D eigenvalue weighted by molar-refractivity contribution is 14.1. The molecule has 0 spiro atoms. The van der Waals surface area contributed by atoms with E-state index in [0.29, 0.717) is 18.7 Å². The molecular formula is C13H18BrIN2O. The minimum atomic E-state index is -0.0706. The standard InChI is InChI=1S/C13H18BrIN2O/c1-13(2,7-16)8-17(3)12(18)10-6-9(15)4-5-11(10)14/h4-6H,7-8,16H2,1-3H3. The summed E-state index contributed by atoms with van der Waals surface area (Å²) in [5.74, 6) is 0.0157. The van der Waals surface area contributed by atoms with Gasteiger partial charge in [-0.1, -0.05) is 13.8 Å². The Morgan fingerprint density at radius 2 is 2.11 bits per heavy atom. The molecule has 1 rings (SSSR count). The van der Waals surface area contributed by atoms with Gasteiger partial charge in [0.2, 0.25) is 0 Å². The van der Waals surface area contributed by atoms with E-state index in [0.717, 1.165) is 8.04 Å². The Labute approximate surface area is 130 Å². The zero-order valence-corrected chi connectivity index (χ0v) is 14.6. The van der Waals surface area contributed by atoms with E-state index in [-0.39, 0.29) is 11.3 Å². The van der Waals surface area contributed by atoms with E-state index in [1.807, 2.05) is 25.2 Å². The topological polar surface area (TPSA) is 46.3 Å². The Morgan fingerprint density at radius 1 is 1.50 bits per heavy atom. The first kappa shape index (κ1) is 15.9. The molecule has 1 aromatic carbocycles. The van der Waals surface area contributed by atoms with Gasteiger partial charge in [-0.05, 0) is 68.7 Å². The molecule has 100 valence electrons. The number of rotatable bonds is 4. The molecule has 0 bridgehead atoms. The van der Waals surface area contributed by atoms with Gasteiger partial charge >= 0.3 is 0 Å². The molecule has 5 heteroatoms. The van der Waals surface area contributed by atoms with Crippen molar-refractivity contribution in [2.45, 2.75) is 13.8 Å². The van der Waals surface area contributed by atoms with Crippen LogP contribution in [0.3, 0.4) is 0 Å². The van der Waals surface area contributed by atoms with Crippen LogP contribution in [0.25, 0.3) is 0 Å². The molecule has 0 saturated heterocycles. The van der Waals surface area contributed by atoms with Crippen LogP contribution >= 0.6 is 38.5 Å². The van der Waals surface area contributed by atoms with Crippen molar-refractivity contribution in [3.8, 4) is 0 Å². The molecule has 0 aliphatic rings. The van der Waals surface area contributed by atoms with Gasteiger partial charge in [0, 0.05) is 21.6 Å². The maximum absolute atomic E-state index is 12.4. The lowest BCUT2D eigenvalue weighted by atomic mass is 9.93. The SMILES string of the molecule is CN(CC(C)(C)CN)C(=O)c1cc(I)ccc1Br. The van der Waals surface area contributed by atoms with Crippen LogP contribution in [0.15, 0.2) is 22.7 Å². The van der Waals surface area contributed by atoms with Crippen LogP contribution in [0.2, 0.25) is 0 Å². The van der Waals surface area contributed by atoms with Crippen molar-refractivity contribution in [1.82, 2.24) is 4.90 Å².